The van der Waals surface area contributed by atoms with Crippen LogP contribution < -0.4 is 5.32 Å². The maximum atomic E-state index is 8.92. The van der Waals surface area contributed by atoms with E-state index in [1.54, 1.807) is 12.1 Å². The van der Waals surface area contributed by atoms with Crippen molar-refractivity contribution >= 4 is 16.7 Å². The van der Waals surface area contributed by atoms with E-state index in [0.717, 1.165) is 29.6 Å². The largest absolute Gasteiger partial charge is 0.436 e. The Morgan fingerprint density at radius 1 is 1.45 bits per heavy atom. The fraction of sp³-hybridized carbons (Fsp3) is 0.375. The molecule has 0 fully saturated rings. The summed E-state index contributed by atoms with van der Waals surface area (Å²) in [5.41, 5.74) is 3.24. The fourth-order valence-electron chi connectivity index (χ4n) is 2.51. The molecule has 0 saturated carbocycles. The van der Waals surface area contributed by atoms with Crippen LogP contribution in [0, 0.1) is 17.2 Å². The third kappa shape index (κ3) is 2.33. The van der Waals surface area contributed by atoms with Gasteiger partial charge in [-0.2, -0.15) is 5.26 Å². The highest BCUT2D eigenvalue weighted by Crippen LogP contribution is 2.28. The molecule has 1 N–H and O–H groups in total. The van der Waals surface area contributed by atoms with E-state index in [2.05, 4.69) is 36.3 Å². The maximum Gasteiger partial charge on any atom is 0.223 e. The molecule has 3 rings (SSSR count). The van der Waals surface area contributed by atoms with Gasteiger partial charge in [0.05, 0.1) is 11.6 Å². The first-order valence-electron chi connectivity index (χ1n) is 6.91. The number of oxazole rings is 1. The fourth-order valence-corrected chi connectivity index (χ4v) is 2.51. The maximum absolute atomic E-state index is 8.92. The Kier molecular flexibility index (Phi) is 3.29. The summed E-state index contributed by atoms with van der Waals surface area (Å²) < 4.78 is 5.82. The Morgan fingerprint density at radius 2 is 2.30 bits per heavy atom. The average Bonchev–Trinajstić information content (AvgIpc) is 2.90. The standard InChI is InChI=1S/C16H17N3O/c1-10(2)13-8-12(5-6-18-13)16-19-14-7-11(9-17)3-4-15(14)20-16/h3-5,7,10,13,18H,6,8H2,1-2H3. The third-order valence-electron chi connectivity index (χ3n) is 3.76. The van der Waals surface area contributed by atoms with E-state index >= 15 is 0 Å². The number of fused-ring (bicyclic) bond motifs is 1. The number of benzene rings is 1. The molecule has 0 saturated heterocycles. The van der Waals surface area contributed by atoms with Crippen LogP contribution in [0.15, 0.2) is 28.7 Å². The van der Waals surface area contributed by atoms with Crippen molar-refractivity contribution in [3.05, 3.63) is 35.7 Å². The molecule has 4 nitrogen and oxygen atoms in total. The second-order valence-electron chi connectivity index (χ2n) is 5.51. The summed E-state index contributed by atoms with van der Waals surface area (Å²) in [6, 6.07) is 7.92. The molecule has 0 radical (unpaired) electrons. The van der Waals surface area contributed by atoms with Crippen LogP contribution >= 0.6 is 0 Å². The van der Waals surface area contributed by atoms with Gasteiger partial charge in [-0.15, -0.1) is 0 Å². The minimum Gasteiger partial charge on any atom is -0.436 e. The quantitative estimate of drug-likeness (QED) is 0.908. The van der Waals surface area contributed by atoms with E-state index in [9.17, 15) is 0 Å². The van der Waals surface area contributed by atoms with Crippen molar-refractivity contribution in [2.24, 2.45) is 5.92 Å². The SMILES string of the molecule is CC(C)C1CC(c2nc3cc(C#N)ccc3o2)=CCN1. The van der Waals surface area contributed by atoms with Crippen LogP contribution in [0.4, 0.5) is 0 Å². The van der Waals surface area contributed by atoms with Gasteiger partial charge < -0.3 is 9.73 Å². The lowest BCUT2D eigenvalue weighted by molar-refractivity contribution is 0.408. The molecule has 20 heavy (non-hydrogen) atoms. The molecule has 1 unspecified atom stereocenters. The molecule has 0 amide bonds. The zero-order chi connectivity index (χ0) is 14.1. The van der Waals surface area contributed by atoms with Crippen molar-refractivity contribution < 1.29 is 4.42 Å². The molecule has 1 aromatic carbocycles. The van der Waals surface area contributed by atoms with Gasteiger partial charge in [-0.1, -0.05) is 19.9 Å². The van der Waals surface area contributed by atoms with Crippen LogP contribution in [0.2, 0.25) is 0 Å². The lowest BCUT2D eigenvalue weighted by Gasteiger charge is -2.26. The topological polar surface area (TPSA) is 61.9 Å². The molecular formula is C16H17N3O. The number of hydrogen-bond acceptors (Lipinski definition) is 4. The van der Waals surface area contributed by atoms with Gasteiger partial charge in [0.1, 0.15) is 5.52 Å². The number of aromatic nitrogens is 1. The van der Waals surface area contributed by atoms with Crippen molar-refractivity contribution in [2.75, 3.05) is 6.54 Å². The summed E-state index contributed by atoms with van der Waals surface area (Å²) in [7, 11) is 0. The van der Waals surface area contributed by atoms with Crippen LogP contribution in [0.1, 0.15) is 31.7 Å². The Bertz CT molecular complexity index is 706. The minimum absolute atomic E-state index is 0.458. The number of nitriles is 1. The average molecular weight is 267 g/mol. The van der Waals surface area contributed by atoms with Crippen molar-refractivity contribution in [3.63, 3.8) is 0 Å². The Morgan fingerprint density at radius 3 is 3.05 bits per heavy atom. The van der Waals surface area contributed by atoms with Crippen LogP contribution in [0.3, 0.4) is 0 Å². The van der Waals surface area contributed by atoms with Gasteiger partial charge in [-0.25, -0.2) is 4.98 Å². The zero-order valence-electron chi connectivity index (χ0n) is 11.7. The van der Waals surface area contributed by atoms with Crippen LogP contribution in [-0.4, -0.2) is 17.6 Å². The monoisotopic (exact) mass is 267 g/mol. The molecule has 1 aliphatic heterocycles. The van der Waals surface area contributed by atoms with E-state index in [1.807, 2.05) is 6.07 Å². The molecule has 1 aromatic heterocycles. The minimum atomic E-state index is 0.458. The summed E-state index contributed by atoms with van der Waals surface area (Å²) in [6.45, 7) is 5.28. The van der Waals surface area contributed by atoms with Gasteiger partial charge in [0.25, 0.3) is 0 Å². The van der Waals surface area contributed by atoms with Gasteiger partial charge in [-0.05, 0) is 30.5 Å². The third-order valence-corrected chi connectivity index (χ3v) is 3.76. The number of nitrogens with zero attached hydrogens (tertiary/aromatic N) is 2. The van der Waals surface area contributed by atoms with E-state index in [4.69, 9.17) is 9.68 Å². The lowest BCUT2D eigenvalue weighted by atomic mass is 9.93. The lowest BCUT2D eigenvalue weighted by Crippen LogP contribution is -2.36. The first-order chi connectivity index (χ1) is 9.67. The summed E-state index contributed by atoms with van der Waals surface area (Å²) in [5.74, 6) is 1.26. The van der Waals surface area contributed by atoms with Crippen molar-refractivity contribution in [2.45, 2.75) is 26.3 Å². The van der Waals surface area contributed by atoms with Gasteiger partial charge >= 0.3 is 0 Å². The van der Waals surface area contributed by atoms with E-state index < -0.39 is 0 Å². The molecular weight excluding hydrogens is 250 g/mol. The highest BCUT2D eigenvalue weighted by Gasteiger charge is 2.21. The van der Waals surface area contributed by atoms with E-state index in [-0.39, 0.29) is 0 Å². The molecule has 0 bridgehead atoms. The Hall–Kier alpha value is -2.12. The van der Waals surface area contributed by atoms with E-state index in [1.165, 1.54) is 0 Å². The second kappa shape index (κ2) is 5.10. The van der Waals surface area contributed by atoms with Gasteiger partial charge in [0, 0.05) is 18.2 Å². The summed E-state index contributed by atoms with van der Waals surface area (Å²) in [4.78, 5) is 4.52. The summed E-state index contributed by atoms with van der Waals surface area (Å²) >= 11 is 0. The van der Waals surface area contributed by atoms with Crippen LogP contribution in [-0.2, 0) is 0 Å². The predicted molar refractivity (Wildman–Crippen MR) is 77.9 cm³/mol. The van der Waals surface area contributed by atoms with Crippen LogP contribution in [0.25, 0.3) is 16.7 Å². The predicted octanol–water partition coefficient (Wildman–Crippen LogP) is 3.10. The number of hydrogen-bond donors (Lipinski definition) is 1. The molecule has 102 valence electrons. The van der Waals surface area contributed by atoms with Crippen molar-refractivity contribution in [1.29, 1.82) is 5.26 Å². The van der Waals surface area contributed by atoms with E-state index in [0.29, 0.717) is 23.4 Å². The van der Waals surface area contributed by atoms with Gasteiger partial charge in [-0.3, -0.25) is 0 Å². The molecule has 2 heterocycles. The molecule has 0 spiro atoms. The van der Waals surface area contributed by atoms with Crippen molar-refractivity contribution in [1.82, 2.24) is 10.3 Å². The summed E-state index contributed by atoms with van der Waals surface area (Å²) in [5, 5.41) is 12.4. The zero-order valence-corrected chi connectivity index (χ0v) is 11.7. The molecule has 4 heteroatoms. The van der Waals surface area contributed by atoms with Crippen LogP contribution in [0.5, 0.6) is 0 Å². The second-order valence-corrected chi connectivity index (χ2v) is 5.51. The molecule has 2 aromatic rings. The molecule has 1 atom stereocenters. The smallest absolute Gasteiger partial charge is 0.223 e. The first-order valence-corrected chi connectivity index (χ1v) is 6.91. The number of rotatable bonds is 2. The highest BCUT2D eigenvalue weighted by molar-refractivity contribution is 5.77. The highest BCUT2D eigenvalue weighted by atomic mass is 16.3. The number of nitrogens with one attached hydrogen (secondary N) is 1. The first kappa shape index (κ1) is 12.9. The normalized spacial score (nSPS) is 19.1. The molecule has 0 aliphatic carbocycles. The Balaban J connectivity index is 1.94. The molecule has 1 aliphatic rings. The summed E-state index contributed by atoms with van der Waals surface area (Å²) in [6.07, 6.45) is 3.06. The van der Waals surface area contributed by atoms with Gasteiger partial charge in [0.2, 0.25) is 5.89 Å². The Labute approximate surface area is 118 Å². The van der Waals surface area contributed by atoms with Gasteiger partial charge in [0.15, 0.2) is 5.58 Å². The van der Waals surface area contributed by atoms with Crippen molar-refractivity contribution in [3.8, 4) is 6.07 Å².